The highest BCUT2D eigenvalue weighted by Crippen LogP contribution is 2.37. The lowest BCUT2D eigenvalue weighted by atomic mass is 10.0. The van der Waals surface area contributed by atoms with Crippen LogP contribution in [-0.4, -0.2) is 52.0 Å². The van der Waals surface area contributed by atoms with Crippen molar-refractivity contribution in [2.45, 2.75) is 44.9 Å². The van der Waals surface area contributed by atoms with E-state index >= 15 is 0 Å². The van der Waals surface area contributed by atoms with Crippen LogP contribution in [0.1, 0.15) is 31.4 Å². The second kappa shape index (κ2) is 8.97. The topological polar surface area (TPSA) is 50.5 Å². The summed E-state index contributed by atoms with van der Waals surface area (Å²) in [7, 11) is 0. The summed E-state index contributed by atoms with van der Waals surface area (Å²) in [5, 5.41) is 14.9. The number of aromatic nitrogens is 2. The van der Waals surface area contributed by atoms with Gasteiger partial charge in [-0.3, -0.25) is 4.90 Å². The molecule has 0 amide bonds. The number of fused-ring (bicyclic) bond motifs is 1. The van der Waals surface area contributed by atoms with Crippen LogP contribution in [0.3, 0.4) is 0 Å². The quantitative estimate of drug-likeness (QED) is 0.612. The fraction of sp³-hybridized carbons (Fsp3) is 0.522. The third-order valence-electron chi connectivity index (χ3n) is 6.37. The molecule has 7 heteroatoms. The molecule has 2 aromatic heterocycles. The van der Waals surface area contributed by atoms with Gasteiger partial charge in [0.25, 0.3) is 0 Å². The summed E-state index contributed by atoms with van der Waals surface area (Å²) in [5.74, 6) is 0.625. The van der Waals surface area contributed by atoms with Crippen molar-refractivity contribution in [3.8, 4) is 10.6 Å². The Morgan fingerprint density at radius 1 is 1.17 bits per heavy atom. The van der Waals surface area contributed by atoms with Gasteiger partial charge in [0, 0.05) is 61.9 Å². The molecule has 2 aliphatic heterocycles. The maximum Gasteiger partial charge on any atom is 0.125 e. The Morgan fingerprint density at radius 3 is 2.77 bits per heavy atom. The number of benzene rings is 1. The Hall–Kier alpha value is -1.44. The highest BCUT2D eigenvalue weighted by atomic mass is 35.5. The zero-order valence-corrected chi connectivity index (χ0v) is 18.7. The number of hydrogen-bond donors (Lipinski definition) is 1. The summed E-state index contributed by atoms with van der Waals surface area (Å²) >= 11 is 8.35. The van der Waals surface area contributed by atoms with Gasteiger partial charge >= 0.3 is 0 Å². The molecule has 0 saturated carbocycles. The molecule has 5 nitrogen and oxygen atoms in total. The van der Waals surface area contributed by atoms with Gasteiger partial charge in [0.15, 0.2) is 0 Å². The molecule has 0 radical (unpaired) electrons. The van der Waals surface area contributed by atoms with Crippen LogP contribution in [-0.2, 0) is 17.8 Å². The van der Waals surface area contributed by atoms with Gasteiger partial charge in [0.1, 0.15) is 5.01 Å². The van der Waals surface area contributed by atoms with Crippen LogP contribution in [0.25, 0.3) is 21.5 Å². The number of rotatable bonds is 5. The van der Waals surface area contributed by atoms with E-state index < -0.39 is 0 Å². The normalized spacial score (nSPS) is 19.7. The number of para-hydroxylation sites is 1. The summed E-state index contributed by atoms with van der Waals surface area (Å²) in [4.78, 5) is 7.36. The number of halogens is 1. The number of thiazole rings is 1. The summed E-state index contributed by atoms with van der Waals surface area (Å²) in [6.45, 7) is 5.41. The predicted octanol–water partition coefficient (Wildman–Crippen LogP) is 4.80. The van der Waals surface area contributed by atoms with Crippen LogP contribution in [0, 0.1) is 5.92 Å². The third-order valence-corrected chi connectivity index (χ3v) is 7.60. The highest BCUT2D eigenvalue weighted by Gasteiger charge is 2.21. The van der Waals surface area contributed by atoms with Crippen LogP contribution in [0.4, 0.5) is 0 Å². The third kappa shape index (κ3) is 4.30. The molecular formula is C23H28ClN3O2S. The van der Waals surface area contributed by atoms with Crippen molar-refractivity contribution in [3.05, 3.63) is 40.5 Å². The molecule has 160 valence electrons. The minimum absolute atomic E-state index is 0.140. The van der Waals surface area contributed by atoms with Crippen LogP contribution < -0.4 is 0 Å². The molecule has 1 N–H and O–H groups in total. The first-order chi connectivity index (χ1) is 14.7. The van der Waals surface area contributed by atoms with E-state index in [2.05, 4.69) is 27.1 Å². The first-order valence-electron chi connectivity index (χ1n) is 10.9. The number of likely N-dealkylation sites (tertiary alicyclic amines) is 1. The molecule has 0 atom stereocenters. The van der Waals surface area contributed by atoms with E-state index in [-0.39, 0.29) is 6.10 Å². The maximum atomic E-state index is 9.73. The van der Waals surface area contributed by atoms with Crippen molar-refractivity contribution in [2.24, 2.45) is 5.92 Å². The van der Waals surface area contributed by atoms with E-state index in [1.54, 1.807) is 11.3 Å². The van der Waals surface area contributed by atoms with Gasteiger partial charge in [0.05, 0.1) is 22.3 Å². The van der Waals surface area contributed by atoms with E-state index in [0.29, 0.717) is 5.92 Å². The van der Waals surface area contributed by atoms with E-state index in [4.69, 9.17) is 21.3 Å². The first kappa shape index (κ1) is 20.5. The smallest absolute Gasteiger partial charge is 0.125 e. The van der Waals surface area contributed by atoms with Crippen molar-refractivity contribution in [3.63, 3.8) is 0 Å². The summed E-state index contributed by atoms with van der Waals surface area (Å²) in [5.41, 5.74) is 3.39. The van der Waals surface area contributed by atoms with Crippen molar-refractivity contribution in [1.29, 1.82) is 0 Å². The van der Waals surface area contributed by atoms with Crippen LogP contribution in [0.15, 0.2) is 29.8 Å². The number of nitrogens with zero attached hydrogens (tertiary/aromatic N) is 3. The van der Waals surface area contributed by atoms with E-state index in [0.717, 1.165) is 86.3 Å². The molecule has 4 heterocycles. The molecule has 3 aromatic rings. The van der Waals surface area contributed by atoms with Gasteiger partial charge < -0.3 is 14.4 Å². The van der Waals surface area contributed by atoms with Gasteiger partial charge in [-0.25, -0.2) is 4.98 Å². The van der Waals surface area contributed by atoms with Crippen molar-refractivity contribution in [1.82, 2.24) is 14.5 Å². The first-order valence-corrected chi connectivity index (χ1v) is 12.1. The van der Waals surface area contributed by atoms with Crippen LogP contribution >= 0.6 is 22.9 Å². The van der Waals surface area contributed by atoms with Crippen molar-refractivity contribution in [2.75, 3.05) is 26.3 Å². The predicted molar refractivity (Wildman–Crippen MR) is 122 cm³/mol. The van der Waals surface area contributed by atoms with Gasteiger partial charge in [-0.2, -0.15) is 0 Å². The molecule has 1 aromatic carbocycles. The molecule has 2 fully saturated rings. The van der Waals surface area contributed by atoms with Crippen LogP contribution in [0.2, 0.25) is 5.02 Å². The highest BCUT2D eigenvalue weighted by molar-refractivity contribution is 7.13. The lowest BCUT2D eigenvalue weighted by Gasteiger charge is -2.28. The monoisotopic (exact) mass is 445 g/mol. The van der Waals surface area contributed by atoms with Crippen molar-refractivity contribution >= 4 is 33.8 Å². The average Bonchev–Trinajstić information content (AvgIpc) is 3.36. The van der Waals surface area contributed by atoms with Gasteiger partial charge in [-0.05, 0) is 37.7 Å². The second-order valence-electron chi connectivity index (χ2n) is 8.54. The number of aliphatic hydroxyl groups excluding tert-OH is 1. The van der Waals surface area contributed by atoms with Gasteiger partial charge in [0.2, 0.25) is 0 Å². The summed E-state index contributed by atoms with van der Waals surface area (Å²) in [6, 6.07) is 6.16. The second-order valence-corrected chi connectivity index (χ2v) is 9.80. The van der Waals surface area contributed by atoms with Gasteiger partial charge in [-0.15, -0.1) is 11.3 Å². The molecule has 2 aliphatic rings. The molecule has 5 rings (SSSR count). The number of ether oxygens (including phenoxy) is 1. The SMILES string of the molecule is OC1CCN(Cc2csc(-c3cn(CC4CCOCC4)c4c(Cl)cccc34)n2)CC1. The van der Waals surface area contributed by atoms with Crippen LogP contribution in [0.5, 0.6) is 0 Å². The summed E-state index contributed by atoms with van der Waals surface area (Å²) < 4.78 is 7.86. The fourth-order valence-electron chi connectivity index (χ4n) is 4.65. The molecule has 0 unspecified atom stereocenters. The Labute approximate surface area is 186 Å². The Kier molecular flexibility index (Phi) is 6.12. The Morgan fingerprint density at radius 2 is 1.97 bits per heavy atom. The Bertz CT molecular complexity index is 1000. The minimum atomic E-state index is -0.140. The van der Waals surface area contributed by atoms with Crippen molar-refractivity contribution < 1.29 is 9.84 Å². The largest absolute Gasteiger partial charge is 0.393 e. The standard InChI is InChI=1S/C23H28ClN3O2S/c24-21-3-1-2-19-20(14-27(22(19)21)12-16-6-10-29-11-7-16)23-25-17(15-30-23)13-26-8-4-18(28)5-9-26/h1-3,14-16,18,28H,4-13H2. The fourth-order valence-corrected chi connectivity index (χ4v) is 5.76. The van der Waals surface area contributed by atoms with E-state index in [1.807, 2.05) is 12.1 Å². The van der Waals surface area contributed by atoms with Gasteiger partial charge in [-0.1, -0.05) is 23.7 Å². The molecule has 0 bridgehead atoms. The minimum Gasteiger partial charge on any atom is -0.393 e. The lowest BCUT2D eigenvalue weighted by Crippen LogP contribution is -2.35. The molecule has 0 aliphatic carbocycles. The molecule has 2 saturated heterocycles. The maximum absolute atomic E-state index is 9.73. The number of piperidine rings is 1. The van der Waals surface area contributed by atoms with E-state index in [1.165, 1.54) is 10.9 Å². The summed E-state index contributed by atoms with van der Waals surface area (Å²) in [6.07, 6.45) is 6.02. The molecule has 30 heavy (non-hydrogen) atoms. The zero-order chi connectivity index (χ0) is 20.5. The lowest BCUT2D eigenvalue weighted by molar-refractivity contribution is 0.0616. The van der Waals surface area contributed by atoms with E-state index in [9.17, 15) is 5.11 Å². The average molecular weight is 446 g/mol. The zero-order valence-electron chi connectivity index (χ0n) is 17.1. The number of aliphatic hydroxyl groups is 1. The molecule has 0 spiro atoms. The number of hydrogen-bond acceptors (Lipinski definition) is 5. The Balaban J connectivity index is 1.41. The molecular weight excluding hydrogens is 418 g/mol.